The minimum atomic E-state index is 0.102. The molecule has 23 heavy (non-hydrogen) atoms. The van der Waals surface area contributed by atoms with Gasteiger partial charge in [0.1, 0.15) is 5.75 Å². The van der Waals surface area contributed by atoms with Gasteiger partial charge >= 0.3 is 0 Å². The molecule has 0 radical (unpaired) electrons. The van der Waals surface area contributed by atoms with Crippen molar-refractivity contribution in [2.24, 2.45) is 0 Å². The Bertz CT molecular complexity index is 884. The quantitative estimate of drug-likeness (QED) is 0.720. The lowest BCUT2D eigenvalue weighted by molar-refractivity contribution is 0.243. The summed E-state index contributed by atoms with van der Waals surface area (Å²) >= 11 is 6.05. The van der Waals surface area contributed by atoms with E-state index in [1.807, 2.05) is 37.3 Å². The van der Waals surface area contributed by atoms with Gasteiger partial charge in [0, 0.05) is 5.56 Å². The van der Waals surface area contributed by atoms with E-state index in [-0.39, 0.29) is 6.61 Å². The van der Waals surface area contributed by atoms with E-state index in [1.165, 1.54) is 0 Å². The largest absolute Gasteiger partial charge is 0.482 e. The van der Waals surface area contributed by atoms with Crippen LogP contribution in [-0.4, -0.2) is 10.1 Å². The van der Waals surface area contributed by atoms with E-state index in [9.17, 15) is 0 Å². The van der Waals surface area contributed by atoms with Gasteiger partial charge in [0.15, 0.2) is 6.61 Å². The standard InChI is InChI=1S/C17H12ClN3O2/c1-11-4-2-3-5-13(11)17-20-16(23-21-17)10-22-15-7-6-12(9-19)8-14(15)18/h2-8H,10H2,1H3. The number of rotatable bonds is 4. The molecule has 0 fully saturated rings. The topological polar surface area (TPSA) is 71.9 Å². The highest BCUT2D eigenvalue weighted by molar-refractivity contribution is 6.32. The maximum absolute atomic E-state index is 8.81. The van der Waals surface area contributed by atoms with Gasteiger partial charge in [-0.25, -0.2) is 0 Å². The molecule has 0 unspecified atom stereocenters. The molecule has 6 heteroatoms. The number of benzene rings is 2. The van der Waals surface area contributed by atoms with Crippen LogP contribution in [0, 0.1) is 18.3 Å². The molecule has 1 aromatic heterocycles. The summed E-state index contributed by atoms with van der Waals surface area (Å²) in [7, 11) is 0. The molecule has 2 aromatic carbocycles. The van der Waals surface area contributed by atoms with Crippen LogP contribution in [0.4, 0.5) is 0 Å². The third-order valence-corrected chi connectivity index (χ3v) is 3.56. The van der Waals surface area contributed by atoms with Crippen molar-refractivity contribution in [3.8, 4) is 23.2 Å². The van der Waals surface area contributed by atoms with Crippen molar-refractivity contribution in [2.75, 3.05) is 0 Å². The highest BCUT2D eigenvalue weighted by Gasteiger charge is 2.12. The van der Waals surface area contributed by atoms with Crippen LogP contribution in [0.25, 0.3) is 11.4 Å². The van der Waals surface area contributed by atoms with E-state index < -0.39 is 0 Å². The van der Waals surface area contributed by atoms with E-state index >= 15 is 0 Å². The molecule has 0 atom stereocenters. The van der Waals surface area contributed by atoms with Gasteiger partial charge in [-0.2, -0.15) is 10.2 Å². The lowest BCUT2D eigenvalue weighted by Crippen LogP contribution is -1.96. The van der Waals surface area contributed by atoms with Gasteiger partial charge in [0.2, 0.25) is 5.82 Å². The zero-order valence-corrected chi connectivity index (χ0v) is 13.0. The van der Waals surface area contributed by atoms with Crippen LogP contribution in [0.2, 0.25) is 5.02 Å². The molecular weight excluding hydrogens is 314 g/mol. The first kappa shape index (κ1) is 15.1. The van der Waals surface area contributed by atoms with Crippen molar-refractivity contribution in [1.82, 2.24) is 10.1 Å². The molecule has 0 N–H and O–H groups in total. The highest BCUT2D eigenvalue weighted by atomic mass is 35.5. The third kappa shape index (κ3) is 3.33. The summed E-state index contributed by atoms with van der Waals surface area (Å²) < 4.78 is 10.8. The molecule has 0 aliphatic heterocycles. The number of hydrogen-bond acceptors (Lipinski definition) is 5. The summed E-state index contributed by atoms with van der Waals surface area (Å²) in [6.45, 7) is 2.09. The fourth-order valence-corrected chi connectivity index (χ4v) is 2.31. The zero-order valence-electron chi connectivity index (χ0n) is 12.3. The number of aryl methyl sites for hydroxylation is 1. The summed E-state index contributed by atoms with van der Waals surface area (Å²) in [5.41, 5.74) is 2.46. The second-order valence-corrected chi connectivity index (χ2v) is 5.28. The number of halogens is 1. The van der Waals surface area contributed by atoms with Gasteiger partial charge in [-0.3, -0.25) is 0 Å². The first-order valence-corrected chi connectivity index (χ1v) is 7.26. The van der Waals surface area contributed by atoms with Crippen LogP contribution in [0.5, 0.6) is 5.75 Å². The van der Waals surface area contributed by atoms with E-state index in [4.69, 9.17) is 26.1 Å². The van der Waals surface area contributed by atoms with Crippen molar-refractivity contribution in [3.05, 3.63) is 64.5 Å². The van der Waals surface area contributed by atoms with Crippen molar-refractivity contribution < 1.29 is 9.26 Å². The van der Waals surface area contributed by atoms with Crippen LogP contribution >= 0.6 is 11.6 Å². The lowest BCUT2D eigenvalue weighted by Gasteiger charge is -2.05. The first-order valence-electron chi connectivity index (χ1n) is 6.88. The maximum Gasteiger partial charge on any atom is 0.264 e. The van der Waals surface area contributed by atoms with E-state index in [1.54, 1.807) is 18.2 Å². The second kappa shape index (κ2) is 6.51. The summed E-state index contributed by atoms with van der Waals surface area (Å²) in [6.07, 6.45) is 0. The smallest absolute Gasteiger partial charge is 0.264 e. The summed E-state index contributed by atoms with van der Waals surface area (Å²) in [4.78, 5) is 4.32. The Hall–Kier alpha value is -2.84. The SMILES string of the molecule is Cc1ccccc1-c1noc(COc2ccc(C#N)cc2Cl)n1. The Kier molecular flexibility index (Phi) is 4.26. The maximum atomic E-state index is 8.81. The van der Waals surface area contributed by atoms with Crippen molar-refractivity contribution in [2.45, 2.75) is 13.5 Å². The Morgan fingerprint density at radius 3 is 2.83 bits per heavy atom. The van der Waals surface area contributed by atoms with Crippen LogP contribution in [0.1, 0.15) is 17.0 Å². The molecule has 3 rings (SSSR count). The van der Waals surface area contributed by atoms with Gasteiger partial charge in [-0.1, -0.05) is 41.0 Å². The predicted octanol–water partition coefficient (Wildman–Crippen LogP) is 4.15. The van der Waals surface area contributed by atoms with Gasteiger partial charge in [0.25, 0.3) is 5.89 Å². The van der Waals surface area contributed by atoms with Gasteiger partial charge in [-0.05, 0) is 30.7 Å². The van der Waals surface area contributed by atoms with Crippen molar-refractivity contribution in [3.63, 3.8) is 0 Å². The van der Waals surface area contributed by atoms with Gasteiger partial charge < -0.3 is 9.26 Å². The Morgan fingerprint density at radius 1 is 1.26 bits per heavy atom. The van der Waals surface area contributed by atoms with Gasteiger partial charge in [-0.15, -0.1) is 0 Å². The monoisotopic (exact) mass is 325 g/mol. The minimum absolute atomic E-state index is 0.102. The molecule has 0 aliphatic rings. The van der Waals surface area contributed by atoms with E-state index in [0.29, 0.717) is 28.1 Å². The summed E-state index contributed by atoms with van der Waals surface area (Å²) in [5.74, 6) is 1.33. The Labute approximate surface area is 138 Å². The number of hydrogen-bond donors (Lipinski definition) is 0. The fraction of sp³-hybridized carbons (Fsp3) is 0.118. The molecule has 0 saturated carbocycles. The molecule has 114 valence electrons. The Morgan fingerprint density at radius 2 is 2.09 bits per heavy atom. The summed E-state index contributed by atoms with van der Waals surface area (Å²) in [5, 5.41) is 13.1. The molecule has 5 nitrogen and oxygen atoms in total. The van der Waals surface area contributed by atoms with Crippen LogP contribution in [0.3, 0.4) is 0 Å². The highest BCUT2D eigenvalue weighted by Crippen LogP contribution is 2.26. The molecule has 3 aromatic rings. The average Bonchev–Trinajstić information content (AvgIpc) is 3.02. The zero-order chi connectivity index (χ0) is 16.2. The normalized spacial score (nSPS) is 10.3. The molecule has 0 spiro atoms. The van der Waals surface area contributed by atoms with Crippen molar-refractivity contribution in [1.29, 1.82) is 5.26 Å². The van der Waals surface area contributed by atoms with Crippen LogP contribution in [-0.2, 0) is 6.61 Å². The number of aromatic nitrogens is 2. The van der Waals surface area contributed by atoms with Crippen LogP contribution in [0.15, 0.2) is 47.0 Å². The number of nitriles is 1. The first-order chi connectivity index (χ1) is 11.2. The average molecular weight is 326 g/mol. The number of ether oxygens (including phenoxy) is 1. The van der Waals surface area contributed by atoms with Gasteiger partial charge in [0.05, 0.1) is 16.7 Å². The predicted molar refractivity (Wildman–Crippen MR) is 85.0 cm³/mol. The molecule has 0 amide bonds. The molecule has 1 heterocycles. The fourth-order valence-electron chi connectivity index (χ4n) is 2.07. The van der Waals surface area contributed by atoms with E-state index in [2.05, 4.69) is 10.1 Å². The lowest BCUT2D eigenvalue weighted by atomic mass is 10.1. The molecule has 0 aliphatic carbocycles. The molecule has 0 saturated heterocycles. The molecule has 0 bridgehead atoms. The second-order valence-electron chi connectivity index (χ2n) is 4.87. The third-order valence-electron chi connectivity index (χ3n) is 3.27. The van der Waals surface area contributed by atoms with Crippen LogP contribution < -0.4 is 4.74 Å². The van der Waals surface area contributed by atoms with E-state index in [0.717, 1.165) is 11.1 Å². The Balaban J connectivity index is 1.73. The van der Waals surface area contributed by atoms with Crippen molar-refractivity contribution >= 4 is 11.6 Å². The summed E-state index contributed by atoms with van der Waals surface area (Å²) in [6, 6.07) is 14.6. The molecular formula is C17H12ClN3O2. The minimum Gasteiger partial charge on any atom is -0.482 e. The number of nitrogens with zero attached hydrogens (tertiary/aromatic N) is 3.